The molecule has 0 N–H and O–H groups in total. The van der Waals surface area contributed by atoms with Gasteiger partial charge in [0.25, 0.3) is 0 Å². The Morgan fingerprint density at radius 3 is 2.00 bits per heavy atom. The minimum absolute atomic E-state index is 0.956. The van der Waals surface area contributed by atoms with Crippen molar-refractivity contribution in [3.05, 3.63) is 71.8 Å². The molecule has 122 valence electrons. The maximum absolute atomic E-state index is 2.62. The lowest BCUT2D eigenvalue weighted by Crippen LogP contribution is -2.33. The van der Waals surface area contributed by atoms with E-state index >= 15 is 0 Å². The molecule has 0 amide bonds. The molecule has 1 aliphatic rings. The van der Waals surface area contributed by atoms with Crippen molar-refractivity contribution in [3.63, 3.8) is 0 Å². The van der Waals surface area contributed by atoms with Crippen LogP contribution in [0.25, 0.3) is 0 Å². The van der Waals surface area contributed by atoms with Crippen LogP contribution in [0, 0.1) is 5.92 Å². The predicted molar refractivity (Wildman–Crippen MR) is 98.4 cm³/mol. The molecule has 1 aliphatic heterocycles. The van der Waals surface area contributed by atoms with E-state index in [1.165, 1.54) is 62.7 Å². The fourth-order valence-corrected chi connectivity index (χ4v) is 3.68. The molecule has 0 aliphatic carbocycles. The van der Waals surface area contributed by atoms with Crippen molar-refractivity contribution in [2.75, 3.05) is 13.1 Å². The molecule has 23 heavy (non-hydrogen) atoms. The average Bonchev–Trinajstić information content (AvgIpc) is 2.62. The van der Waals surface area contributed by atoms with E-state index in [0.717, 1.165) is 12.5 Å². The van der Waals surface area contributed by atoms with Crippen molar-refractivity contribution >= 4 is 0 Å². The molecular formula is C22H29N. The van der Waals surface area contributed by atoms with Crippen molar-refractivity contribution in [2.24, 2.45) is 5.92 Å². The third-order valence-electron chi connectivity index (χ3n) is 5.13. The first kappa shape index (κ1) is 16.3. The zero-order valence-corrected chi connectivity index (χ0v) is 14.2. The quantitative estimate of drug-likeness (QED) is 0.626. The standard InChI is InChI=1S/C22H29N/c1-3-9-20(10-4-1)11-7-8-12-21-15-17-23(18-16-21)19-22-13-5-2-6-14-22/h1-6,9-10,13-14,21H,7-8,11-12,15-19H2. The molecule has 0 bridgehead atoms. The lowest BCUT2D eigenvalue weighted by molar-refractivity contribution is 0.170. The molecule has 1 saturated heterocycles. The van der Waals surface area contributed by atoms with E-state index in [9.17, 15) is 0 Å². The van der Waals surface area contributed by atoms with Crippen molar-refractivity contribution in [1.29, 1.82) is 0 Å². The van der Waals surface area contributed by atoms with Crippen LogP contribution in [0.4, 0.5) is 0 Å². The minimum atomic E-state index is 0.956. The highest BCUT2D eigenvalue weighted by atomic mass is 15.1. The number of likely N-dealkylation sites (tertiary alicyclic amines) is 1. The lowest BCUT2D eigenvalue weighted by Gasteiger charge is -2.32. The number of aryl methyl sites for hydroxylation is 1. The number of benzene rings is 2. The van der Waals surface area contributed by atoms with Gasteiger partial charge in [0.2, 0.25) is 0 Å². The predicted octanol–water partition coefficient (Wildman–Crippen LogP) is 5.31. The highest BCUT2D eigenvalue weighted by Gasteiger charge is 2.18. The van der Waals surface area contributed by atoms with E-state index in [-0.39, 0.29) is 0 Å². The molecule has 0 radical (unpaired) electrons. The van der Waals surface area contributed by atoms with Gasteiger partial charge in [-0.3, -0.25) is 4.90 Å². The van der Waals surface area contributed by atoms with E-state index in [4.69, 9.17) is 0 Å². The average molecular weight is 307 g/mol. The zero-order valence-electron chi connectivity index (χ0n) is 14.2. The summed E-state index contributed by atoms with van der Waals surface area (Å²) in [6.07, 6.45) is 8.17. The first-order valence-corrected chi connectivity index (χ1v) is 9.20. The summed E-state index contributed by atoms with van der Waals surface area (Å²) in [6, 6.07) is 21.8. The Morgan fingerprint density at radius 1 is 0.739 bits per heavy atom. The summed E-state index contributed by atoms with van der Waals surface area (Å²) in [6.45, 7) is 3.68. The Hall–Kier alpha value is -1.60. The summed E-state index contributed by atoms with van der Waals surface area (Å²) in [4.78, 5) is 2.62. The molecular weight excluding hydrogens is 278 g/mol. The zero-order chi connectivity index (χ0) is 15.7. The van der Waals surface area contributed by atoms with Gasteiger partial charge in [-0.1, -0.05) is 73.5 Å². The van der Waals surface area contributed by atoms with E-state index in [1.807, 2.05) is 0 Å². The molecule has 3 rings (SSSR count). The summed E-state index contributed by atoms with van der Waals surface area (Å²) in [7, 11) is 0. The number of nitrogens with zero attached hydrogens (tertiary/aromatic N) is 1. The van der Waals surface area contributed by atoms with Gasteiger partial charge in [-0.05, 0) is 55.8 Å². The fraction of sp³-hybridized carbons (Fsp3) is 0.455. The number of rotatable bonds is 7. The lowest BCUT2D eigenvalue weighted by atomic mass is 9.90. The van der Waals surface area contributed by atoms with Crippen LogP contribution in [0.5, 0.6) is 0 Å². The molecule has 0 saturated carbocycles. The summed E-state index contributed by atoms with van der Waals surface area (Å²) in [5, 5.41) is 0. The van der Waals surface area contributed by atoms with E-state index < -0.39 is 0 Å². The Balaban J connectivity index is 1.30. The van der Waals surface area contributed by atoms with Crippen LogP contribution < -0.4 is 0 Å². The third kappa shape index (κ3) is 5.51. The third-order valence-corrected chi connectivity index (χ3v) is 5.13. The highest BCUT2D eigenvalue weighted by molar-refractivity contribution is 5.15. The second-order valence-electron chi connectivity index (χ2n) is 6.94. The van der Waals surface area contributed by atoms with Crippen molar-refractivity contribution in [3.8, 4) is 0 Å². The molecule has 0 spiro atoms. The van der Waals surface area contributed by atoms with Gasteiger partial charge < -0.3 is 0 Å². The fourth-order valence-electron chi connectivity index (χ4n) is 3.68. The van der Waals surface area contributed by atoms with Crippen LogP contribution in [0.15, 0.2) is 60.7 Å². The summed E-state index contributed by atoms with van der Waals surface area (Å²) in [5.74, 6) is 0.956. The van der Waals surface area contributed by atoms with Crippen LogP contribution in [0.1, 0.15) is 43.2 Å². The van der Waals surface area contributed by atoms with Gasteiger partial charge in [0.05, 0.1) is 0 Å². The molecule has 1 heteroatoms. The Morgan fingerprint density at radius 2 is 1.35 bits per heavy atom. The second kappa shape index (κ2) is 8.88. The van der Waals surface area contributed by atoms with Crippen LogP contribution >= 0.6 is 0 Å². The van der Waals surface area contributed by atoms with Crippen LogP contribution in [0.2, 0.25) is 0 Å². The second-order valence-corrected chi connectivity index (χ2v) is 6.94. The number of piperidine rings is 1. The monoisotopic (exact) mass is 307 g/mol. The van der Waals surface area contributed by atoms with E-state index in [1.54, 1.807) is 0 Å². The Bertz CT molecular complexity index is 538. The van der Waals surface area contributed by atoms with Gasteiger partial charge in [0, 0.05) is 6.54 Å². The van der Waals surface area contributed by atoms with Crippen molar-refractivity contribution in [2.45, 2.75) is 45.1 Å². The van der Waals surface area contributed by atoms with Gasteiger partial charge in [-0.25, -0.2) is 0 Å². The SMILES string of the molecule is c1ccc(CCCCC2CCN(Cc3ccccc3)CC2)cc1. The van der Waals surface area contributed by atoms with Crippen molar-refractivity contribution in [1.82, 2.24) is 4.90 Å². The van der Waals surface area contributed by atoms with Gasteiger partial charge in [-0.2, -0.15) is 0 Å². The Labute approximate surface area is 141 Å². The maximum Gasteiger partial charge on any atom is 0.0233 e. The highest BCUT2D eigenvalue weighted by Crippen LogP contribution is 2.24. The first-order chi connectivity index (χ1) is 11.4. The normalized spacial score (nSPS) is 16.5. The van der Waals surface area contributed by atoms with Crippen molar-refractivity contribution < 1.29 is 0 Å². The smallest absolute Gasteiger partial charge is 0.0233 e. The van der Waals surface area contributed by atoms with Gasteiger partial charge in [0.1, 0.15) is 0 Å². The number of hydrogen-bond donors (Lipinski definition) is 0. The van der Waals surface area contributed by atoms with Gasteiger partial charge in [-0.15, -0.1) is 0 Å². The van der Waals surface area contributed by atoms with Crippen LogP contribution in [-0.4, -0.2) is 18.0 Å². The summed E-state index contributed by atoms with van der Waals surface area (Å²) < 4.78 is 0. The van der Waals surface area contributed by atoms with E-state index in [2.05, 4.69) is 65.6 Å². The maximum atomic E-state index is 2.62. The summed E-state index contributed by atoms with van der Waals surface area (Å²) in [5.41, 5.74) is 2.94. The van der Waals surface area contributed by atoms with E-state index in [0.29, 0.717) is 0 Å². The molecule has 0 unspecified atom stereocenters. The van der Waals surface area contributed by atoms with Crippen LogP contribution in [0.3, 0.4) is 0 Å². The van der Waals surface area contributed by atoms with Crippen LogP contribution in [-0.2, 0) is 13.0 Å². The first-order valence-electron chi connectivity index (χ1n) is 9.20. The molecule has 0 atom stereocenters. The molecule has 2 aromatic carbocycles. The minimum Gasteiger partial charge on any atom is -0.299 e. The molecule has 2 aromatic rings. The molecule has 0 aromatic heterocycles. The number of unbranched alkanes of at least 4 members (excludes halogenated alkanes) is 1. The molecule has 1 fully saturated rings. The summed E-state index contributed by atoms with van der Waals surface area (Å²) >= 11 is 0. The molecule has 1 nitrogen and oxygen atoms in total. The Kier molecular flexibility index (Phi) is 6.28. The van der Waals surface area contributed by atoms with Gasteiger partial charge in [0.15, 0.2) is 0 Å². The molecule has 1 heterocycles. The number of hydrogen-bond acceptors (Lipinski definition) is 1. The van der Waals surface area contributed by atoms with Gasteiger partial charge >= 0.3 is 0 Å². The largest absolute Gasteiger partial charge is 0.299 e. The topological polar surface area (TPSA) is 3.24 Å².